The van der Waals surface area contributed by atoms with E-state index in [2.05, 4.69) is 0 Å². The highest BCUT2D eigenvalue weighted by atomic mass is 19.4. The fourth-order valence-electron chi connectivity index (χ4n) is 2.78. The second-order valence-corrected chi connectivity index (χ2v) is 5.74. The molecular weight excluding hydrogens is 414 g/mol. The van der Waals surface area contributed by atoms with Gasteiger partial charge in [-0.05, 0) is 12.1 Å². The van der Waals surface area contributed by atoms with Crippen molar-refractivity contribution in [3.8, 4) is 11.5 Å². The van der Waals surface area contributed by atoms with Crippen molar-refractivity contribution in [2.45, 2.75) is 17.8 Å². The van der Waals surface area contributed by atoms with Crippen molar-refractivity contribution in [1.82, 2.24) is 0 Å². The summed E-state index contributed by atoms with van der Waals surface area (Å²) in [6, 6.07) is 2.86. The van der Waals surface area contributed by atoms with E-state index < -0.39 is 63.5 Å². The van der Waals surface area contributed by atoms with Gasteiger partial charge in [0.1, 0.15) is 22.6 Å². The standard InChI is InChI=1S/C17H10F6O6/c18-15(16(19,20)17(21,22)23,7-3-1-5-9(24)11(7)13(26)27)8-4-2-6-10(25)12(8)14(28)29/h1-6,24-25H,(H,26,27)(H,28,29). The molecule has 0 saturated carbocycles. The van der Waals surface area contributed by atoms with E-state index in [4.69, 9.17) is 10.2 Å². The summed E-state index contributed by atoms with van der Waals surface area (Å²) in [5.74, 6) is -13.6. The Morgan fingerprint density at radius 3 is 1.31 bits per heavy atom. The van der Waals surface area contributed by atoms with Crippen LogP contribution in [0.2, 0.25) is 0 Å². The Balaban J connectivity index is 3.13. The van der Waals surface area contributed by atoms with Crippen LogP contribution in [0.4, 0.5) is 26.3 Å². The average Bonchev–Trinajstić information content (AvgIpc) is 2.58. The molecule has 0 aliphatic heterocycles. The third-order valence-electron chi connectivity index (χ3n) is 4.04. The zero-order valence-corrected chi connectivity index (χ0v) is 13.8. The Morgan fingerprint density at radius 2 is 1.03 bits per heavy atom. The lowest BCUT2D eigenvalue weighted by Crippen LogP contribution is -2.54. The number of hydrogen-bond acceptors (Lipinski definition) is 4. The summed E-state index contributed by atoms with van der Waals surface area (Å²) in [5.41, 5.74) is -12.2. The molecule has 0 saturated heterocycles. The van der Waals surface area contributed by atoms with Gasteiger partial charge in [0.25, 0.3) is 0 Å². The van der Waals surface area contributed by atoms with E-state index in [1.54, 1.807) is 0 Å². The first-order valence-corrected chi connectivity index (χ1v) is 7.42. The lowest BCUT2D eigenvalue weighted by Gasteiger charge is -2.36. The second kappa shape index (κ2) is 6.87. The van der Waals surface area contributed by atoms with Crippen LogP contribution in [-0.2, 0) is 5.67 Å². The molecule has 0 amide bonds. The maximum absolute atomic E-state index is 15.9. The van der Waals surface area contributed by atoms with Crippen molar-refractivity contribution in [3.05, 3.63) is 58.7 Å². The predicted octanol–water partition coefficient (Wildman–Crippen LogP) is 3.90. The van der Waals surface area contributed by atoms with Crippen LogP contribution < -0.4 is 0 Å². The third kappa shape index (κ3) is 3.19. The molecule has 2 aromatic rings. The Kier molecular flexibility index (Phi) is 5.17. The fourth-order valence-corrected chi connectivity index (χ4v) is 2.78. The van der Waals surface area contributed by atoms with Gasteiger partial charge in [0.15, 0.2) is 0 Å². The highest BCUT2D eigenvalue weighted by Gasteiger charge is 2.74. The Bertz CT molecular complexity index is 921. The van der Waals surface area contributed by atoms with Crippen molar-refractivity contribution >= 4 is 11.9 Å². The van der Waals surface area contributed by atoms with Gasteiger partial charge in [-0.15, -0.1) is 0 Å². The van der Waals surface area contributed by atoms with Crippen LogP contribution in [0.1, 0.15) is 31.8 Å². The van der Waals surface area contributed by atoms with Gasteiger partial charge in [-0.25, -0.2) is 14.0 Å². The van der Waals surface area contributed by atoms with Crippen LogP contribution in [-0.4, -0.2) is 44.5 Å². The van der Waals surface area contributed by atoms with Gasteiger partial charge in [-0.1, -0.05) is 24.3 Å². The molecule has 0 radical (unpaired) electrons. The average molecular weight is 424 g/mol. The molecule has 2 rings (SSSR count). The molecule has 0 aromatic heterocycles. The minimum absolute atomic E-state index is 0.235. The zero-order valence-electron chi connectivity index (χ0n) is 13.8. The van der Waals surface area contributed by atoms with Crippen molar-refractivity contribution in [2.75, 3.05) is 0 Å². The molecule has 0 fully saturated rings. The zero-order chi connectivity index (χ0) is 22.4. The normalized spacial score (nSPS) is 12.6. The number of rotatable bonds is 5. The Hall–Kier alpha value is -3.44. The first-order valence-electron chi connectivity index (χ1n) is 7.42. The number of alkyl halides is 6. The van der Waals surface area contributed by atoms with Crippen LogP contribution >= 0.6 is 0 Å². The number of carboxylic acid groups (broad SMARTS) is 2. The highest BCUT2D eigenvalue weighted by Crippen LogP contribution is 2.56. The molecular formula is C17H10F6O6. The number of hydrogen-bond donors (Lipinski definition) is 4. The van der Waals surface area contributed by atoms with E-state index in [9.17, 15) is 41.8 Å². The summed E-state index contributed by atoms with van der Waals surface area (Å²) < 4.78 is 84.3. The maximum atomic E-state index is 15.9. The summed E-state index contributed by atoms with van der Waals surface area (Å²) in [5, 5.41) is 37.5. The molecule has 12 heteroatoms. The minimum atomic E-state index is -6.62. The molecule has 2 aromatic carbocycles. The number of aromatic hydroxyl groups is 2. The van der Waals surface area contributed by atoms with Crippen LogP contribution in [0.25, 0.3) is 0 Å². The lowest BCUT2D eigenvalue weighted by atomic mass is 9.77. The number of aromatic carboxylic acids is 2. The van der Waals surface area contributed by atoms with Gasteiger partial charge in [-0.2, -0.15) is 22.0 Å². The second-order valence-electron chi connectivity index (χ2n) is 5.74. The summed E-state index contributed by atoms with van der Waals surface area (Å²) in [4.78, 5) is 22.7. The highest BCUT2D eigenvalue weighted by molar-refractivity contribution is 5.95. The number of phenols is 2. The monoisotopic (exact) mass is 424 g/mol. The van der Waals surface area contributed by atoms with E-state index in [-0.39, 0.29) is 12.1 Å². The Labute approximate surface area is 157 Å². The number of halogens is 6. The van der Waals surface area contributed by atoms with Crippen LogP contribution in [0, 0.1) is 0 Å². The van der Waals surface area contributed by atoms with Crippen LogP contribution in [0.15, 0.2) is 36.4 Å². The quantitative estimate of drug-likeness (QED) is 0.542. The van der Waals surface area contributed by atoms with Gasteiger partial charge in [0.2, 0.25) is 5.67 Å². The molecule has 0 atom stereocenters. The van der Waals surface area contributed by atoms with Gasteiger partial charge >= 0.3 is 24.0 Å². The van der Waals surface area contributed by atoms with Gasteiger partial charge in [0, 0.05) is 11.1 Å². The van der Waals surface area contributed by atoms with Gasteiger partial charge in [0.05, 0.1) is 0 Å². The van der Waals surface area contributed by atoms with Gasteiger partial charge < -0.3 is 20.4 Å². The molecule has 0 heterocycles. The van der Waals surface area contributed by atoms with Crippen LogP contribution in [0.3, 0.4) is 0 Å². The van der Waals surface area contributed by atoms with E-state index in [1.807, 2.05) is 0 Å². The molecule has 0 aliphatic carbocycles. The van der Waals surface area contributed by atoms with Crippen LogP contribution in [0.5, 0.6) is 11.5 Å². The molecule has 29 heavy (non-hydrogen) atoms. The fraction of sp³-hybridized carbons (Fsp3) is 0.176. The molecule has 0 bridgehead atoms. The molecule has 6 nitrogen and oxygen atoms in total. The number of benzene rings is 2. The summed E-state index contributed by atoms with van der Waals surface area (Å²) in [6.45, 7) is 0. The smallest absolute Gasteiger partial charge is 0.457 e. The minimum Gasteiger partial charge on any atom is -0.507 e. The first-order chi connectivity index (χ1) is 13.2. The number of carbonyl (C=O) groups is 2. The van der Waals surface area contributed by atoms with Gasteiger partial charge in [-0.3, -0.25) is 0 Å². The van der Waals surface area contributed by atoms with E-state index in [1.165, 1.54) is 0 Å². The van der Waals surface area contributed by atoms with Crippen molar-refractivity contribution in [3.63, 3.8) is 0 Å². The summed E-state index contributed by atoms with van der Waals surface area (Å²) in [7, 11) is 0. The SMILES string of the molecule is O=C(O)c1c(O)cccc1C(F)(c1cccc(O)c1C(=O)O)C(F)(F)C(F)(F)F. The molecule has 4 N–H and O–H groups in total. The van der Waals surface area contributed by atoms with Crippen molar-refractivity contribution in [2.24, 2.45) is 0 Å². The number of carboxylic acids is 2. The predicted molar refractivity (Wildman–Crippen MR) is 83.0 cm³/mol. The van der Waals surface area contributed by atoms with E-state index >= 15 is 4.39 Å². The molecule has 0 spiro atoms. The molecule has 156 valence electrons. The van der Waals surface area contributed by atoms with Crippen molar-refractivity contribution < 1.29 is 56.4 Å². The molecule has 0 aliphatic rings. The topological polar surface area (TPSA) is 115 Å². The summed E-state index contributed by atoms with van der Waals surface area (Å²) >= 11 is 0. The third-order valence-corrected chi connectivity index (χ3v) is 4.04. The van der Waals surface area contributed by atoms with E-state index in [0.717, 1.165) is 0 Å². The molecule has 0 unspecified atom stereocenters. The largest absolute Gasteiger partial charge is 0.507 e. The first kappa shape index (κ1) is 21.9. The summed E-state index contributed by atoms with van der Waals surface area (Å²) in [6.07, 6.45) is -6.62. The van der Waals surface area contributed by atoms with E-state index in [0.29, 0.717) is 24.3 Å². The maximum Gasteiger partial charge on any atom is 0.457 e. The van der Waals surface area contributed by atoms with Crippen molar-refractivity contribution in [1.29, 1.82) is 0 Å². The Morgan fingerprint density at radius 1 is 0.690 bits per heavy atom. The lowest BCUT2D eigenvalue weighted by molar-refractivity contribution is -0.323.